The van der Waals surface area contributed by atoms with Crippen molar-refractivity contribution >= 4 is 49.0 Å². The summed E-state index contributed by atoms with van der Waals surface area (Å²) in [6.07, 6.45) is 3.15. The molecule has 37 heavy (non-hydrogen) atoms. The number of aryl methyl sites for hydroxylation is 2. The maximum atomic E-state index is 12.6. The van der Waals surface area contributed by atoms with Crippen molar-refractivity contribution in [3.05, 3.63) is 58.7 Å². The molecule has 12 heteroatoms. The summed E-state index contributed by atoms with van der Waals surface area (Å²) in [5.74, 6) is 0.930. The summed E-state index contributed by atoms with van der Waals surface area (Å²) in [5, 5.41) is 13.4. The molecule has 10 nitrogen and oxygen atoms in total. The van der Waals surface area contributed by atoms with Crippen molar-refractivity contribution in [3.8, 4) is 17.2 Å². The Morgan fingerprint density at radius 3 is 2.49 bits per heavy atom. The first-order valence-electron chi connectivity index (χ1n) is 11.3. The van der Waals surface area contributed by atoms with Gasteiger partial charge in [-0.1, -0.05) is 18.2 Å². The number of benzene rings is 2. The molecule has 0 saturated heterocycles. The lowest BCUT2D eigenvalue weighted by atomic mass is 10.1. The van der Waals surface area contributed by atoms with Crippen LogP contribution in [-0.2, 0) is 14.6 Å². The van der Waals surface area contributed by atoms with E-state index in [2.05, 4.69) is 10.1 Å². The van der Waals surface area contributed by atoms with Gasteiger partial charge in [-0.3, -0.25) is 10.2 Å². The quantitative estimate of drug-likeness (QED) is 0.394. The van der Waals surface area contributed by atoms with Gasteiger partial charge in [0.25, 0.3) is 5.91 Å². The maximum absolute atomic E-state index is 12.6. The topological polar surface area (TPSA) is 131 Å². The van der Waals surface area contributed by atoms with Gasteiger partial charge in [0.1, 0.15) is 5.75 Å². The van der Waals surface area contributed by atoms with E-state index in [0.717, 1.165) is 39.9 Å². The fraction of sp³-hybridized carbons (Fsp3) is 0.280. The number of hydrogen-bond donors (Lipinski definition) is 1. The van der Waals surface area contributed by atoms with E-state index in [9.17, 15) is 13.2 Å². The molecule has 0 radical (unpaired) electrons. The minimum Gasteiger partial charge on any atom is -0.493 e. The minimum absolute atomic E-state index is 0.0258. The van der Waals surface area contributed by atoms with Crippen LogP contribution >= 0.6 is 11.8 Å². The van der Waals surface area contributed by atoms with Gasteiger partial charge in [-0.25, -0.2) is 8.42 Å². The molecule has 0 aromatic heterocycles. The van der Waals surface area contributed by atoms with Crippen molar-refractivity contribution in [2.24, 2.45) is 10.1 Å². The molecular formula is C25H26N4O6S2. The standard InChI is InChI=1S/C25H26N4O6S2/c1-15-6-7-16(2)20(12-15)35-11-5-10-34-19-9-8-17(14-21(19)33-3)13-18-22(26)29-24(27-23(18)30)36-25(28-29)37(4,31)32/h6-9,12-14,26H,5,10-11H2,1-4H3/b18-13+,26-22?. The van der Waals surface area contributed by atoms with Gasteiger partial charge in [0.05, 0.1) is 25.9 Å². The summed E-state index contributed by atoms with van der Waals surface area (Å²) >= 11 is 0.740. The molecule has 0 spiro atoms. The molecule has 1 N–H and O–H groups in total. The number of thioether (sulfide) groups is 1. The van der Waals surface area contributed by atoms with Crippen molar-refractivity contribution < 1.29 is 27.4 Å². The third-order valence-corrected chi connectivity index (χ3v) is 7.98. The number of rotatable bonds is 8. The normalized spacial score (nSPS) is 16.4. The van der Waals surface area contributed by atoms with Crippen LogP contribution in [0.25, 0.3) is 6.08 Å². The molecule has 0 aliphatic carbocycles. The Bertz CT molecular complexity index is 1460. The molecule has 0 saturated carbocycles. The minimum atomic E-state index is -3.60. The lowest BCUT2D eigenvalue weighted by Gasteiger charge is -2.20. The Hall–Kier alpha value is -3.64. The number of ether oxygens (including phenoxy) is 3. The molecule has 1 amide bonds. The molecule has 0 atom stereocenters. The van der Waals surface area contributed by atoms with Crippen molar-refractivity contribution in [1.82, 2.24) is 5.01 Å². The van der Waals surface area contributed by atoms with Gasteiger partial charge in [-0.2, -0.15) is 10.0 Å². The zero-order valence-corrected chi connectivity index (χ0v) is 22.4. The summed E-state index contributed by atoms with van der Waals surface area (Å²) in [4.78, 5) is 16.5. The van der Waals surface area contributed by atoms with E-state index >= 15 is 0 Å². The molecule has 0 fully saturated rings. The predicted octanol–water partition coefficient (Wildman–Crippen LogP) is 3.78. The van der Waals surface area contributed by atoms with E-state index in [4.69, 9.17) is 19.6 Å². The summed E-state index contributed by atoms with van der Waals surface area (Å²) in [7, 11) is -2.09. The largest absolute Gasteiger partial charge is 0.493 e. The van der Waals surface area contributed by atoms with Gasteiger partial charge >= 0.3 is 0 Å². The van der Waals surface area contributed by atoms with Crippen LogP contribution in [0.4, 0.5) is 0 Å². The van der Waals surface area contributed by atoms with Crippen molar-refractivity contribution in [2.75, 3.05) is 26.6 Å². The van der Waals surface area contributed by atoms with Gasteiger partial charge in [0.15, 0.2) is 17.3 Å². The fourth-order valence-corrected chi connectivity index (χ4v) is 5.16. The highest BCUT2D eigenvalue weighted by atomic mass is 32.3. The van der Waals surface area contributed by atoms with Gasteiger partial charge in [0, 0.05) is 12.7 Å². The van der Waals surface area contributed by atoms with Crippen LogP contribution in [0, 0.1) is 19.3 Å². The van der Waals surface area contributed by atoms with Gasteiger partial charge < -0.3 is 14.2 Å². The smallest absolute Gasteiger partial charge is 0.283 e. The van der Waals surface area contributed by atoms with Crippen molar-refractivity contribution in [1.29, 1.82) is 5.41 Å². The Morgan fingerprint density at radius 1 is 1.05 bits per heavy atom. The van der Waals surface area contributed by atoms with E-state index in [-0.39, 0.29) is 21.0 Å². The van der Waals surface area contributed by atoms with Crippen LogP contribution in [0.1, 0.15) is 23.1 Å². The number of amides is 1. The first-order chi connectivity index (χ1) is 17.6. The highest BCUT2D eigenvalue weighted by Gasteiger charge is 2.38. The molecule has 4 rings (SSSR count). The molecule has 0 unspecified atom stereocenters. The number of carbonyl (C=O) groups is 1. The van der Waals surface area contributed by atoms with Crippen molar-refractivity contribution in [2.45, 2.75) is 20.3 Å². The average molecular weight is 543 g/mol. The van der Waals surface area contributed by atoms with Gasteiger partial charge in [-0.05, 0) is 66.6 Å². The van der Waals surface area contributed by atoms with Crippen LogP contribution in [0.3, 0.4) is 0 Å². The first-order valence-corrected chi connectivity index (χ1v) is 14.0. The van der Waals surface area contributed by atoms with E-state index < -0.39 is 15.7 Å². The molecule has 2 heterocycles. The highest BCUT2D eigenvalue weighted by molar-refractivity contribution is 8.42. The lowest BCUT2D eigenvalue weighted by molar-refractivity contribution is -0.114. The summed E-state index contributed by atoms with van der Waals surface area (Å²) in [6.45, 7) is 4.94. The Balaban J connectivity index is 1.41. The number of aliphatic imine (C=N–C) groups is 1. The molecular weight excluding hydrogens is 516 g/mol. The summed E-state index contributed by atoms with van der Waals surface area (Å²) in [6, 6.07) is 11.2. The van der Waals surface area contributed by atoms with Gasteiger partial charge in [0.2, 0.25) is 19.4 Å². The van der Waals surface area contributed by atoms with E-state index in [1.165, 1.54) is 13.2 Å². The van der Waals surface area contributed by atoms with E-state index in [0.29, 0.717) is 36.7 Å². The van der Waals surface area contributed by atoms with Crippen LogP contribution in [-0.4, -0.2) is 61.3 Å². The second kappa shape index (κ2) is 10.8. The number of nitrogens with one attached hydrogen (secondary N) is 1. The molecule has 0 bridgehead atoms. The Labute approximate surface area is 219 Å². The highest BCUT2D eigenvalue weighted by Crippen LogP contribution is 2.32. The van der Waals surface area contributed by atoms with Crippen LogP contribution < -0.4 is 14.2 Å². The molecule has 2 aromatic rings. The average Bonchev–Trinajstić information content (AvgIpc) is 3.29. The number of amidine groups is 2. The second-order valence-corrected chi connectivity index (χ2v) is 11.5. The zero-order chi connectivity index (χ0) is 26.7. The van der Waals surface area contributed by atoms with Crippen molar-refractivity contribution in [3.63, 3.8) is 0 Å². The monoisotopic (exact) mass is 542 g/mol. The number of fused-ring (bicyclic) bond motifs is 1. The molecule has 2 aromatic carbocycles. The number of nitrogens with zero attached hydrogens (tertiary/aromatic N) is 3. The number of carbonyl (C=O) groups excluding carboxylic acids is 1. The summed E-state index contributed by atoms with van der Waals surface area (Å²) in [5.41, 5.74) is 2.77. The predicted molar refractivity (Wildman–Crippen MR) is 144 cm³/mol. The van der Waals surface area contributed by atoms with Crippen LogP contribution in [0.15, 0.2) is 52.1 Å². The Kier molecular flexibility index (Phi) is 7.69. The Morgan fingerprint density at radius 2 is 1.78 bits per heavy atom. The SMILES string of the molecule is COc1cc(/C=C2\C(=N)N3N=C(S(C)(=O)=O)SC3=NC2=O)ccc1OCCCOc1cc(C)ccc1C. The number of hydrazone groups is 1. The van der Waals surface area contributed by atoms with Crippen LogP contribution in [0.5, 0.6) is 17.2 Å². The maximum Gasteiger partial charge on any atom is 0.283 e. The fourth-order valence-electron chi connectivity index (χ4n) is 3.47. The third kappa shape index (κ3) is 6.03. The molecule has 194 valence electrons. The van der Waals surface area contributed by atoms with Gasteiger partial charge in [-0.15, -0.1) is 5.10 Å². The van der Waals surface area contributed by atoms with E-state index in [1.54, 1.807) is 18.2 Å². The van der Waals surface area contributed by atoms with Crippen LogP contribution in [0.2, 0.25) is 0 Å². The lowest BCUT2D eigenvalue weighted by Crippen LogP contribution is -2.35. The number of methoxy groups -OCH3 is 1. The molecule has 2 aliphatic heterocycles. The second-order valence-electron chi connectivity index (χ2n) is 8.39. The summed E-state index contributed by atoms with van der Waals surface area (Å²) < 4.78 is 40.6. The molecule has 2 aliphatic rings. The number of hydrogen-bond acceptors (Lipinski definition) is 9. The first kappa shape index (κ1) is 26.4. The van der Waals surface area contributed by atoms with E-state index in [1.807, 2.05) is 32.0 Å². The number of sulfone groups is 1. The third-order valence-electron chi connectivity index (χ3n) is 5.40. The zero-order valence-electron chi connectivity index (χ0n) is 20.8.